The van der Waals surface area contributed by atoms with Gasteiger partial charge in [0, 0.05) is 25.1 Å². The highest BCUT2D eigenvalue weighted by Gasteiger charge is 2.43. The Morgan fingerprint density at radius 2 is 2.11 bits per heavy atom. The first-order valence-corrected chi connectivity index (χ1v) is 6.56. The SMILES string of the molecule is CCCOC1C(NC)CC1Oc1ccc(F)c(F)c1. The Hall–Kier alpha value is -1.20. The molecule has 19 heavy (non-hydrogen) atoms. The third-order valence-corrected chi connectivity index (χ3v) is 3.31. The molecule has 106 valence electrons. The second kappa shape index (κ2) is 6.30. The van der Waals surface area contributed by atoms with E-state index < -0.39 is 11.6 Å². The molecule has 0 aromatic heterocycles. The molecule has 1 N–H and O–H groups in total. The molecule has 5 heteroatoms. The van der Waals surface area contributed by atoms with Gasteiger partial charge in [0.2, 0.25) is 0 Å². The van der Waals surface area contributed by atoms with Gasteiger partial charge in [0.05, 0.1) is 0 Å². The van der Waals surface area contributed by atoms with E-state index in [4.69, 9.17) is 9.47 Å². The number of halogens is 2. The van der Waals surface area contributed by atoms with E-state index in [1.807, 2.05) is 14.0 Å². The molecule has 2 rings (SSSR count). The lowest BCUT2D eigenvalue weighted by Crippen LogP contribution is -2.60. The molecule has 3 atom stereocenters. The zero-order valence-electron chi connectivity index (χ0n) is 11.2. The Morgan fingerprint density at radius 1 is 1.32 bits per heavy atom. The summed E-state index contributed by atoms with van der Waals surface area (Å²) in [6, 6.07) is 3.82. The first kappa shape index (κ1) is 14.2. The summed E-state index contributed by atoms with van der Waals surface area (Å²) in [5.41, 5.74) is 0. The normalized spacial score (nSPS) is 26.0. The minimum atomic E-state index is -0.895. The zero-order valence-corrected chi connectivity index (χ0v) is 11.2. The van der Waals surface area contributed by atoms with Gasteiger partial charge in [0.1, 0.15) is 18.0 Å². The number of hydrogen-bond acceptors (Lipinski definition) is 3. The van der Waals surface area contributed by atoms with Crippen LogP contribution in [0.4, 0.5) is 8.78 Å². The molecule has 0 saturated heterocycles. The van der Waals surface area contributed by atoms with Gasteiger partial charge >= 0.3 is 0 Å². The topological polar surface area (TPSA) is 30.5 Å². The molecular weight excluding hydrogens is 252 g/mol. The summed E-state index contributed by atoms with van der Waals surface area (Å²) in [6.45, 7) is 2.71. The van der Waals surface area contributed by atoms with Gasteiger partial charge in [-0.25, -0.2) is 8.78 Å². The van der Waals surface area contributed by atoms with Gasteiger partial charge in [0.15, 0.2) is 11.6 Å². The molecule has 1 aromatic carbocycles. The van der Waals surface area contributed by atoms with E-state index in [1.165, 1.54) is 6.07 Å². The van der Waals surface area contributed by atoms with Crippen LogP contribution in [-0.2, 0) is 4.74 Å². The predicted octanol–water partition coefficient (Wildman–Crippen LogP) is 2.50. The summed E-state index contributed by atoms with van der Waals surface area (Å²) in [6.07, 6.45) is 1.57. The highest BCUT2D eigenvalue weighted by Crippen LogP contribution is 2.29. The van der Waals surface area contributed by atoms with Crippen LogP contribution in [-0.4, -0.2) is 31.9 Å². The summed E-state index contributed by atoms with van der Waals surface area (Å²) in [5, 5.41) is 3.16. The lowest BCUT2D eigenvalue weighted by Gasteiger charge is -2.43. The molecule has 1 aliphatic carbocycles. The van der Waals surface area contributed by atoms with Gasteiger partial charge in [-0.1, -0.05) is 6.92 Å². The summed E-state index contributed by atoms with van der Waals surface area (Å²) in [7, 11) is 1.88. The molecule has 0 heterocycles. The Labute approximate surface area is 111 Å². The molecular formula is C14H19F2NO2. The van der Waals surface area contributed by atoms with Crippen LogP contribution in [0.5, 0.6) is 5.75 Å². The highest BCUT2D eigenvalue weighted by atomic mass is 19.2. The zero-order chi connectivity index (χ0) is 13.8. The second-order valence-electron chi connectivity index (χ2n) is 4.70. The number of nitrogens with one attached hydrogen (secondary N) is 1. The monoisotopic (exact) mass is 271 g/mol. The van der Waals surface area contributed by atoms with Crippen molar-refractivity contribution < 1.29 is 18.3 Å². The molecule has 0 radical (unpaired) electrons. The van der Waals surface area contributed by atoms with Gasteiger partial charge < -0.3 is 14.8 Å². The molecule has 0 spiro atoms. The van der Waals surface area contributed by atoms with Gasteiger partial charge in [-0.15, -0.1) is 0 Å². The van der Waals surface area contributed by atoms with Crippen LogP contribution in [0.1, 0.15) is 19.8 Å². The van der Waals surface area contributed by atoms with Gasteiger partial charge in [-0.2, -0.15) is 0 Å². The molecule has 3 unspecified atom stereocenters. The average molecular weight is 271 g/mol. The van der Waals surface area contributed by atoms with E-state index in [0.29, 0.717) is 12.4 Å². The molecule has 0 amide bonds. The van der Waals surface area contributed by atoms with E-state index in [2.05, 4.69) is 5.32 Å². The third-order valence-electron chi connectivity index (χ3n) is 3.31. The Kier molecular flexibility index (Phi) is 4.71. The van der Waals surface area contributed by atoms with Crippen molar-refractivity contribution in [1.82, 2.24) is 5.32 Å². The quantitative estimate of drug-likeness (QED) is 0.862. The molecule has 1 aromatic rings. The predicted molar refractivity (Wildman–Crippen MR) is 68.3 cm³/mol. The van der Waals surface area contributed by atoms with Gasteiger partial charge in [0.25, 0.3) is 0 Å². The molecule has 1 saturated carbocycles. The van der Waals surface area contributed by atoms with Gasteiger partial charge in [-0.05, 0) is 25.6 Å². The van der Waals surface area contributed by atoms with E-state index in [0.717, 1.165) is 25.0 Å². The standard InChI is InChI=1S/C14H19F2NO2/c1-3-6-18-14-12(17-2)8-13(14)19-9-4-5-10(15)11(16)7-9/h4-5,7,12-14,17H,3,6,8H2,1-2H3. The van der Waals surface area contributed by atoms with E-state index in [1.54, 1.807) is 0 Å². The fourth-order valence-corrected chi connectivity index (χ4v) is 2.18. The van der Waals surface area contributed by atoms with Crippen molar-refractivity contribution in [2.75, 3.05) is 13.7 Å². The van der Waals surface area contributed by atoms with Crippen molar-refractivity contribution in [2.24, 2.45) is 0 Å². The Balaban J connectivity index is 1.96. The Morgan fingerprint density at radius 3 is 2.74 bits per heavy atom. The van der Waals surface area contributed by atoms with Crippen molar-refractivity contribution in [3.05, 3.63) is 29.8 Å². The maximum atomic E-state index is 13.1. The molecule has 1 fully saturated rings. The van der Waals surface area contributed by atoms with Gasteiger partial charge in [-0.3, -0.25) is 0 Å². The molecule has 0 aliphatic heterocycles. The third kappa shape index (κ3) is 3.22. The number of hydrogen-bond donors (Lipinski definition) is 1. The minimum Gasteiger partial charge on any atom is -0.487 e. The number of ether oxygens (including phenoxy) is 2. The van der Waals surface area contributed by atoms with Crippen molar-refractivity contribution >= 4 is 0 Å². The van der Waals surface area contributed by atoms with Crippen LogP contribution in [0.25, 0.3) is 0 Å². The lowest BCUT2D eigenvalue weighted by atomic mass is 9.85. The maximum Gasteiger partial charge on any atom is 0.162 e. The maximum absolute atomic E-state index is 13.1. The largest absolute Gasteiger partial charge is 0.487 e. The number of likely N-dealkylation sites (N-methyl/N-ethyl adjacent to an activating group) is 1. The van der Waals surface area contributed by atoms with Crippen molar-refractivity contribution in [1.29, 1.82) is 0 Å². The summed E-state index contributed by atoms with van der Waals surface area (Å²) < 4.78 is 37.3. The first-order valence-electron chi connectivity index (χ1n) is 6.56. The minimum absolute atomic E-state index is 0.0435. The average Bonchev–Trinajstić information content (AvgIpc) is 2.38. The summed E-state index contributed by atoms with van der Waals surface area (Å²) >= 11 is 0. The van der Waals surface area contributed by atoms with Crippen molar-refractivity contribution in [2.45, 2.75) is 38.0 Å². The summed E-state index contributed by atoms with van der Waals surface area (Å²) in [5.74, 6) is -1.43. The summed E-state index contributed by atoms with van der Waals surface area (Å²) in [4.78, 5) is 0. The van der Waals surface area contributed by atoms with Crippen LogP contribution in [0.3, 0.4) is 0 Å². The Bertz CT molecular complexity index is 428. The van der Waals surface area contributed by atoms with Crippen LogP contribution < -0.4 is 10.1 Å². The second-order valence-corrected chi connectivity index (χ2v) is 4.70. The van der Waals surface area contributed by atoms with Crippen molar-refractivity contribution in [3.63, 3.8) is 0 Å². The van der Waals surface area contributed by atoms with Crippen LogP contribution in [0, 0.1) is 11.6 Å². The number of rotatable bonds is 6. The van der Waals surface area contributed by atoms with E-state index in [9.17, 15) is 8.78 Å². The van der Waals surface area contributed by atoms with Crippen molar-refractivity contribution in [3.8, 4) is 5.75 Å². The lowest BCUT2D eigenvalue weighted by molar-refractivity contribution is -0.106. The fourth-order valence-electron chi connectivity index (χ4n) is 2.18. The molecule has 3 nitrogen and oxygen atoms in total. The number of benzene rings is 1. The highest BCUT2D eigenvalue weighted by molar-refractivity contribution is 5.24. The fraction of sp³-hybridized carbons (Fsp3) is 0.571. The van der Waals surface area contributed by atoms with Crippen LogP contribution in [0.2, 0.25) is 0 Å². The molecule has 1 aliphatic rings. The van der Waals surface area contributed by atoms with E-state index in [-0.39, 0.29) is 18.2 Å². The van der Waals surface area contributed by atoms with Crippen LogP contribution in [0.15, 0.2) is 18.2 Å². The molecule has 0 bridgehead atoms. The smallest absolute Gasteiger partial charge is 0.162 e. The van der Waals surface area contributed by atoms with E-state index >= 15 is 0 Å². The first-order chi connectivity index (χ1) is 9.15. The van der Waals surface area contributed by atoms with Crippen LogP contribution >= 0.6 is 0 Å².